The fraction of sp³-hybridized carbons (Fsp3) is 0.550. The minimum absolute atomic E-state index is 0.137. The van der Waals surface area contributed by atoms with Gasteiger partial charge in [0.1, 0.15) is 0 Å². The number of rotatable bonds is 5. The van der Waals surface area contributed by atoms with Crippen LogP contribution in [-0.2, 0) is 16.1 Å². The number of anilines is 1. The van der Waals surface area contributed by atoms with Gasteiger partial charge in [-0.3, -0.25) is 9.69 Å². The molecule has 1 fully saturated rings. The molecule has 0 aromatic heterocycles. The topological polar surface area (TPSA) is 41.6 Å². The highest BCUT2D eigenvalue weighted by molar-refractivity contribution is 6.02. The highest BCUT2D eigenvalue weighted by atomic mass is 16.5. The molecule has 0 atom stereocenters. The third-order valence-electron chi connectivity index (χ3n) is 5.04. The second-order valence-electron chi connectivity index (χ2n) is 6.88. The molecule has 1 aliphatic carbocycles. The van der Waals surface area contributed by atoms with Gasteiger partial charge in [-0.15, -0.1) is 0 Å². The number of hydrogen-bond acceptors (Lipinski definition) is 3. The fourth-order valence-corrected chi connectivity index (χ4v) is 3.60. The zero-order chi connectivity index (χ0) is 16.8. The Kier molecular flexibility index (Phi) is 5.91. The lowest BCUT2D eigenvalue weighted by atomic mass is 9.94. The molecule has 4 nitrogen and oxygen atoms in total. The van der Waals surface area contributed by atoms with Crippen LogP contribution >= 0.6 is 0 Å². The maximum atomic E-state index is 12.4. The Bertz CT molecular complexity index is 591. The van der Waals surface area contributed by atoms with Crippen molar-refractivity contribution in [3.63, 3.8) is 0 Å². The zero-order valence-electron chi connectivity index (χ0n) is 14.6. The van der Waals surface area contributed by atoms with Gasteiger partial charge in [-0.25, -0.2) is 0 Å². The molecular weight excluding hydrogens is 300 g/mol. The zero-order valence-corrected chi connectivity index (χ0v) is 14.6. The van der Waals surface area contributed by atoms with E-state index in [9.17, 15) is 4.79 Å². The van der Waals surface area contributed by atoms with Crippen molar-refractivity contribution in [1.29, 1.82) is 0 Å². The Morgan fingerprint density at radius 3 is 2.75 bits per heavy atom. The third-order valence-corrected chi connectivity index (χ3v) is 5.04. The summed E-state index contributed by atoms with van der Waals surface area (Å²) in [6.45, 7) is 1.49. The van der Waals surface area contributed by atoms with E-state index in [2.05, 4.69) is 23.3 Å². The van der Waals surface area contributed by atoms with E-state index in [-0.39, 0.29) is 5.91 Å². The molecular formula is C20H28N2O2. The van der Waals surface area contributed by atoms with E-state index in [0.717, 1.165) is 30.6 Å². The molecule has 0 bridgehead atoms. The molecule has 1 aromatic carbocycles. The lowest BCUT2D eigenvalue weighted by Crippen LogP contribution is -2.33. The van der Waals surface area contributed by atoms with Gasteiger partial charge < -0.3 is 10.1 Å². The van der Waals surface area contributed by atoms with Crippen LogP contribution < -0.4 is 5.32 Å². The Balaban J connectivity index is 1.66. The molecule has 3 rings (SSSR count). The molecule has 2 aliphatic rings. The second kappa shape index (κ2) is 8.34. The van der Waals surface area contributed by atoms with E-state index in [1.54, 1.807) is 0 Å². The summed E-state index contributed by atoms with van der Waals surface area (Å²) in [6.07, 6.45) is 10.4. The minimum atomic E-state index is -0.137. The third kappa shape index (κ3) is 4.38. The van der Waals surface area contributed by atoms with Crippen LogP contribution in [0.1, 0.15) is 50.5 Å². The van der Waals surface area contributed by atoms with Crippen LogP contribution in [-0.4, -0.2) is 30.5 Å². The molecule has 0 spiro atoms. The number of amides is 1. The number of carbonyl (C=O) groups excluding carboxylic acids is 1. The normalized spacial score (nSPS) is 18.8. The van der Waals surface area contributed by atoms with E-state index in [1.165, 1.54) is 32.1 Å². The fourth-order valence-electron chi connectivity index (χ4n) is 3.60. The van der Waals surface area contributed by atoms with Crippen molar-refractivity contribution >= 4 is 11.6 Å². The lowest BCUT2D eigenvalue weighted by Gasteiger charge is -2.31. The van der Waals surface area contributed by atoms with E-state index < -0.39 is 0 Å². The smallest absolute Gasteiger partial charge is 0.290 e. The molecule has 1 amide bonds. The summed E-state index contributed by atoms with van der Waals surface area (Å²) in [7, 11) is 2.20. The quantitative estimate of drug-likeness (QED) is 0.885. The number of nitrogens with zero attached hydrogens (tertiary/aromatic N) is 1. The van der Waals surface area contributed by atoms with Crippen molar-refractivity contribution in [2.24, 2.45) is 0 Å². The molecule has 1 N–H and O–H groups in total. The standard InChI is InChI=1S/C20H28N2O2/c1-22(17-10-3-2-4-11-17)15-16-9-5-6-12-18(16)21-20(23)19-13-7-8-14-24-19/h5-6,9,12-13,17H,2-4,7-8,10-11,14-15H2,1H3,(H,21,23). The number of benzene rings is 1. The monoisotopic (exact) mass is 328 g/mol. The molecule has 4 heteroatoms. The maximum Gasteiger partial charge on any atom is 0.290 e. The maximum absolute atomic E-state index is 12.4. The minimum Gasteiger partial charge on any atom is -0.488 e. The van der Waals surface area contributed by atoms with Crippen molar-refractivity contribution in [3.8, 4) is 0 Å². The Morgan fingerprint density at radius 1 is 1.21 bits per heavy atom. The molecule has 1 aliphatic heterocycles. The van der Waals surface area contributed by atoms with Crippen LogP contribution in [0.4, 0.5) is 5.69 Å². The number of nitrogens with one attached hydrogen (secondary N) is 1. The Hall–Kier alpha value is -1.81. The summed E-state index contributed by atoms with van der Waals surface area (Å²) in [5.41, 5.74) is 2.05. The van der Waals surface area contributed by atoms with E-state index in [1.807, 2.05) is 24.3 Å². The molecule has 1 saturated carbocycles. The molecule has 1 heterocycles. The van der Waals surface area contributed by atoms with E-state index in [4.69, 9.17) is 4.74 Å². The molecule has 1 aromatic rings. The lowest BCUT2D eigenvalue weighted by molar-refractivity contribution is -0.116. The van der Waals surface area contributed by atoms with E-state index >= 15 is 0 Å². The van der Waals surface area contributed by atoms with Crippen LogP contribution in [0.15, 0.2) is 36.1 Å². The molecule has 0 saturated heterocycles. The number of allylic oxidation sites excluding steroid dienone is 1. The van der Waals surface area contributed by atoms with Gasteiger partial charge in [0.2, 0.25) is 0 Å². The Labute approximate surface area is 144 Å². The average molecular weight is 328 g/mol. The second-order valence-corrected chi connectivity index (χ2v) is 6.88. The number of ether oxygens (including phenoxy) is 1. The van der Waals surface area contributed by atoms with Crippen LogP contribution in [0.2, 0.25) is 0 Å². The first-order chi connectivity index (χ1) is 11.7. The van der Waals surface area contributed by atoms with Gasteiger partial charge in [0.25, 0.3) is 5.91 Å². The van der Waals surface area contributed by atoms with Crippen LogP contribution in [0.5, 0.6) is 0 Å². The van der Waals surface area contributed by atoms with Crippen molar-refractivity contribution in [1.82, 2.24) is 4.90 Å². The van der Waals surface area contributed by atoms with Crippen molar-refractivity contribution < 1.29 is 9.53 Å². The van der Waals surface area contributed by atoms with Gasteiger partial charge in [-0.05, 0) is 50.4 Å². The van der Waals surface area contributed by atoms with Crippen molar-refractivity contribution in [2.45, 2.75) is 57.5 Å². The van der Waals surface area contributed by atoms with Crippen LogP contribution in [0.25, 0.3) is 0 Å². The highest BCUT2D eigenvalue weighted by Crippen LogP contribution is 2.25. The summed E-state index contributed by atoms with van der Waals surface area (Å²) < 4.78 is 5.47. The summed E-state index contributed by atoms with van der Waals surface area (Å²) in [5.74, 6) is 0.319. The van der Waals surface area contributed by atoms with Crippen molar-refractivity contribution in [2.75, 3.05) is 19.0 Å². The van der Waals surface area contributed by atoms with Gasteiger partial charge in [-0.1, -0.05) is 37.5 Å². The Morgan fingerprint density at radius 2 is 2.00 bits per heavy atom. The van der Waals surface area contributed by atoms with Crippen LogP contribution in [0, 0.1) is 0 Å². The predicted molar refractivity (Wildman–Crippen MR) is 96.7 cm³/mol. The molecule has 0 unspecified atom stereocenters. The average Bonchev–Trinajstić information content (AvgIpc) is 2.64. The van der Waals surface area contributed by atoms with Gasteiger partial charge in [0, 0.05) is 18.3 Å². The largest absolute Gasteiger partial charge is 0.488 e. The number of para-hydroxylation sites is 1. The first-order valence-electron chi connectivity index (χ1n) is 9.16. The van der Waals surface area contributed by atoms with Gasteiger partial charge >= 0.3 is 0 Å². The highest BCUT2D eigenvalue weighted by Gasteiger charge is 2.20. The number of hydrogen-bond donors (Lipinski definition) is 1. The molecule has 0 radical (unpaired) electrons. The molecule has 24 heavy (non-hydrogen) atoms. The van der Waals surface area contributed by atoms with Gasteiger partial charge in [0.15, 0.2) is 5.76 Å². The number of carbonyl (C=O) groups is 1. The van der Waals surface area contributed by atoms with E-state index in [0.29, 0.717) is 18.4 Å². The predicted octanol–water partition coefficient (Wildman–Crippen LogP) is 4.08. The first-order valence-corrected chi connectivity index (χ1v) is 9.16. The summed E-state index contributed by atoms with van der Waals surface area (Å²) in [6, 6.07) is 8.74. The summed E-state index contributed by atoms with van der Waals surface area (Å²) in [4.78, 5) is 14.8. The summed E-state index contributed by atoms with van der Waals surface area (Å²) >= 11 is 0. The van der Waals surface area contributed by atoms with Gasteiger partial charge in [0.05, 0.1) is 6.61 Å². The van der Waals surface area contributed by atoms with Crippen LogP contribution in [0.3, 0.4) is 0 Å². The van der Waals surface area contributed by atoms with Crippen molar-refractivity contribution in [3.05, 3.63) is 41.7 Å². The SMILES string of the molecule is CN(Cc1ccccc1NC(=O)C1=CCCCO1)C1CCCCC1. The van der Waals surface area contributed by atoms with Gasteiger partial charge in [-0.2, -0.15) is 0 Å². The first kappa shape index (κ1) is 17.0. The summed E-state index contributed by atoms with van der Waals surface area (Å²) in [5, 5.41) is 3.03. The molecule has 130 valence electrons.